The van der Waals surface area contributed by atoms with Crippen LogP contribution in [-0.4, -0.2) is 44.6 Å². The molecule has 6 nitrogen and oxygen atoms in total. The minimum atomic E-state index is -3.47. The summed E-state index contributed by atoms with van der Waals surface area (Å²) in [6, 6.07) is 22.9. The van der Waals surface area contributed by atoms with Crippen molar-refractivity contribution in [3.63, 3.8) is 0 Å². The second-order valence-electron chi connectivity index (χ2n) is 7.73. The van der Waals surface area contributed by atoms with E-state index in [1.807, 2.05) is 60.7 Å². The third-order valence-corrected chi connectivity index (χ3v) is 7.50. The Morgan fingerprint density at radius 1 is 0.969 bits per heavy atom. The van der Waals surface area contributed by atoms with E-state index < -0.39 is 10.0 Å². The number of hydrogen-bond donors (Lipinski definition) is 1. The van der Waals surface area contributed by atoms with Gasteiger partial charge in [-0.2, -0.15) is 4.31 Å². The molecule has 1 aliphatic heterocycles. The van der Waals surface area contributed by atoms with E-state index in [0.29, 0.717) is 25.1 Å². The SMILES string of the molecule is COc1ccc2c(c1)CCN(S(=O)(=O)CCNC(=O)c1ccc(-c3ccccc3)cc1)C2. The van der Waals surface area contributed by atoms with Crippen LogP contribution in [0.25, 0.3) is 11.1 Å². The highest BCUT2D eigenvalue weighted by Gasteiger charge is 2.26. The van der Waals surface area contributed by atoms with E-state index in [9.17, 15) is 13.2 Å². The van der Waals surface area contributed by atoms with Crippen LogP contribution in [0.4, 0.5) is 0 Å². The lowest BCUT2D eigenvalue weighted by Crippen LogP contribution is -2.40. The second-order valence-corrected chi connectivity index (χ2v) is 9.82. The maximum absolute atomic E-state index is 12.8. The summed E-state index contributed by atoms with van der Waals surface area (Å²) in [6.45, 7) is 0.835. The quantitative estimate of drug-likeness (QED) is 0.598. The van der Waals surface area contributed by atoms with E-state index in [-0.39, 0.29) is 18.2 Å². The summed E-state index contributed by atoms with van der Waals surface area (Å²) < 4.78 is 32.3. The smallest absolute Gasteiger partial charge is 0.251 e. The summed E-state index contributed by atoms with van der Waals surface area (Å²) in [5.74, 6) is 0.363. The van der Waals surface area contributed by atoms with E-state index >= 15 is 0 Å². The van der Waals surface area contributed by atoms with Crippen molar-refractivity contribution >= 4 is 15.9 Å². The van der Waals surface area contributed by atoms with E-state index in [2.05, 4.69) is 5.32 Å². The Morgan fingerprint density at radius 3 is 2.41 bits per heavy atom. The molecule has 0 spiro atoms. The number of benzene rings is 3. The van der Waals surface area contributed by atoms with Gasteiger partial charge in [0, 0.05) is 25.2 Å². The number of methoxy groups -OCH3 is 1. The van der Waals surface area contributed by atoms with Crippen LogP contribution in [0.15, 0.2) is 72.8 Å². The van der Waals surface area contributed by atoms with Crippen molar-refractivity contribution in [1.82, 2.24) is 9.62 Å². The van der Waals surface area contributed by atoms with E-state index in [1.165, 1.54) is 4.31 Å². The molecule has 0 atom stereocenters. The van der Waals surface area contributed by atoms with Gasteiger partial charge in [-0.05, 0) is 52.9 Å². The van der Waals surface area contributed by atoms with Gasteiger partial charge in [-0.3, -0.25) is 4.79 Å². The van der Waals surface area contributed by atoms with Crippen LogP contribution in [0.5, 0.6) is 5.75 Å². The van der Waals surface area contributed by atoms with Gasteiger partial charge in [-0.1, -0.05) is 48.5 Å². The van der Waals surface area contributed by atoms with Crippen LogP contribution >= 0.6 is 0 Å². The van der Waals surface area contributed by atoms with Crippen LogP contribution in [0.3, 0.4) is 0 Å². The molecule has 0 saturated heterocycles. The molecule has 0 radical (unpaired) electrons. The number of carbonyl (C=O) groups excluding carboxylic acids is 1. The van der Waals surface area contributed by atoms with Gasteiger partial charge in [0.1, 0.15) is 5.75 Å². The fraction of sp³-hybridized carbons (Fsp3) is 0.240. The summed E-state index contributed by atoms with van der Waals surface area (Å²) >= 11 is 0. The zero-order valence-electron chi connectivity index (χ0n) is 18.0. The molecule has 7 heteroatoms. The summed E-state index contributed by atoms with van der Waals surface area (Å²) in [6.07, 6.45) is 0.645. The first-order chi connectivity index (χ1) is 15.5. The molecule has 0 unspecified atom stereocenters. The predicted molar refractivity (Wildman–Crippen MR) is 125 cm³/mol. The van der Waals surface area contributed by atoms with Crippen molar-refractivity contribution in [2.75, 3.05) is 26.0 Å². The molecule has 0 fully saturated rings. The van der Waals surface area contributed by atoms with Crippen molar-refractivity contribution in [3.05, 3.63) is 89.5 Å². The maximum atomic E-state index is 12.8. The van der Waals surface area contributed by atoms with Gasteiger partial charge in [-0.15, -0.1) is 0 Å². The number of ether oxygens (including phenoxy) is 1. The van der Waals surface area contributed by atoms with Gasteiger partial charge in [-0.25, -0.2) is 8.42 Å². The Balaban J connectivity index is 1.32. The minimum Gasteiger partial charge on any atom is -0.497 e. The summed E-state index contributed by atoms with van der Waals surface area (Å²) in [5, 5.41) is 2.73. The van der Waals surface area contributed by atoms with Gasteiger partial charge < -0.3 is 10.1 Å². The van der Waals surface area contributed by atoms with Crippen molar-refractivity contribution in [3.8, 4) is 16.9 Å². The van der Waals surface area contributed by atoms with Crippen LogP contribution in [0.2, 0.25) is 0 Å². The third kappa shape index (κ3) is 5.00. The van der Waals surface area contributed by atoms with Crippen molar-refractivity contribution in [2.45, 2.75) is 13.0 Å². The largest absolute Gasteiger partial charge is 0.497 e. The lowest BCUT2D eigenvalue weighted by Gasteiger charge is -2.28. The molecule has 0 saturated carbocycles. The lowest BCUT2D eigenvalue weighted by molar-refractivity contribution is 0.0956. The number of amides is 1. The Kier molecular flexibility index (Phi) is 6.58. The highest BCUT2D eigenvalue weighted by atomic mass is 32.2. The first-order valence-corrected chi connectivity index (χ1v) is 12.1. The molecule has 3 aromatic rings. The fourth-order valence-electron chi connectivity index (χ4n) is 3.84. The molecule has 1 heterocycles. The third-order valence-electron chi connectivity index (χ3n) is 5.68. The molecule has 166 valence electrons. The van der Waals surface area contributed by atoms with Gasteiger partial charge >= 0.3 is 0 Å². The number of hydrogen-bond acceptors (Lipinski definition) is 4. The molecular formula is C25H26N2O4S. The number of fused-ring (bicyclic) bond motifs is 1. The Bertz CT molecular complexity index is 1190. The molecule has 1 N–H and O–H groups in total. The Hall–Kier alpha value is -3.16. The van der Waals surface area contributed by atoms with E-state index in [1.54, 1.807) is 19.2 Å². The zero-order chi connectivity index (χ0) is 22.6. The highest BCUT2D eigenvalue weighted by molar-refractivity contribution is 7.89. The zero-order valence-corrected chi connectivity index (χ0v) is 18.8. The highest BCUT2D eigenvalue weighted by Crippen LogP contribution is 2.25. The average molecular weight is 451 g/mol. The normalized spacial score (nSPS) is 13.9. The first-order valence-electron chi connectivity index (χ1n) is 10.5. The van der Waals surface area contributed by atoms with Crippen molar-refractivity contribution in [2.24, 2.45) is 0 Å². The number of nitrogens with zero attached hydrogens (tertiary/aromatic N) is 1. The molecule has 1 amide bonds. The monoisotopic (exact) mass is 450 g/mol. The molecule has 0 aliphatic carbocycles. The lowest BCUT2D eigenvalue weighted by atomic mass is 10.0. The summed E-state index contributed by atoms with van der Waals surface area (Å²) in [7, 11) is -1.86. The number of sulfonamides is 1. The molecule has 3 aromatic carbocycles. The predicted octanol–water partition coefficient (Wildman–Crippen LogP) is 3.48. The van der Waals surface area contributed by atoms with Gasteiger partial charge in [0.05, 0.1) is 12.9 Å². The Morgan fingerprint density at radius 2 is 1.69 bits per heavy atom. The van der Waals surface area contributed by atoms with Gasteiger partial charge in [0.25, 0.3) is 5.91 Å². The molecule has 0 aromatic heterocycles. The molecule has 0 bridgehead atoms. The maximum Gasteiger partial charge on any atom is 0.251 e. The van der Waals surface area contributed by atoms with Crippen LogP contribution in [0, 0.1) is 0 Å². The number of nitrogens with one attached hydrogen (secondary N) is 1. The topological polar surface area (TPSA) is 75.7 Å². The minimum absolute atomic E-state index is 0.0631. The van der Waals surface area contributed by atoms with Crippen LogP contribution in [0.1, 0.15) is 21.5 Å². The van der Waals surface area contributed by atoms with E-state index in [4.69, 9.17) is 4.74 Å². The van der Waals surface area contributed by atoms with E-state index in [0.717, 1.165) is 28.0 Å². The average Bonchev–Trinajstić information content (AvgIpc) is 2.83. The van der Waals surface area contributed by atoms with Crippen LogP contribution in [-0.2, 0) is 23.0 Å². The molecule has 32 heavy (non-hydrogen) atoms. The van der Waals surface area contributed by atoms with Crippen molar-refractivity contribution in [1.29, 1.82) is 0 Å². The van der Waals surface area contributed by atoms with Gasteiger partial charge in [0.15, 0.2) is 0 Å². The molecule has 1 aliphatic rings. The standard InChI is InChI=1S/C25H26N2O4S/c1-31-24-12-11-23-18-27(15-13-22(23)17-24)32(29,30)16-14-26-25(28)21-9-7-20(8-10-21)19-5-3-2-4-6-19/h2-12,17H,13-16,18H2,1H3,(H,26,28). The van der Waals surface area contributed by atoms with Gasteiger partial charge in [0.2, 0.25) is 10.0 Å². The second kappa shape index (κ2) is 9.54. The Labute approximate surface area is 188 Å². The fourth-order valence-corrected chi connectivity index (χ4v) is 5.16. The van der Waals surface area contributed by atoms with Crippen LogP contribution < -0.4 is 10.1 Å². The van der Waals surface area contributed by atoms with Crippen molar-refractivity contribution < 1.29 is 17.9 Å². The molecule has 4 rings (SSSR count). The summed E-state index contributed by atoms with van der Waals surface area (Å²) in [4.78, 5) is 12.4. The first kappa shape index (κ1) is 22.0. The molecular weight excluding hydrogens is 424 g/mol. The number of rotatable bonds is 7. The number of carbonyl (C=O) groups is 1. The summed E-state index contributed by atoms with van der Waals surface area (Å²) in [5.41, 5.74) is 4.70.